The van der Waals surface area contributed by atoms with Crippen molar-refractivity contribution < 1.29 is 14.7 Å². The van der Waals surface area contributed by atoms with Gasteiger partial charge in [-0.15, -0.1) is 0 Å². The van der Waals surface area contributed by atoms with E-state index >= 15 is 0 Å². The van der Waals surface area contributed by atoms with E-state index in [9.17, 15) is 9.59 Å². The predicted octanol–water partition coefficient (Wildman–Crippen LogP) is 3.99. The molecular weight excluding hydrogens is 352 g/mol. The molecular formula is C20H23ClN2O3. The molecule has 0 aliphatic carbocycles. The maximum absolute atomic E-state index is 12.5. The Morgan fingerprint density at radius 3 is 2.35 bits per heavy atom. The zero-order chi connectivity index (χ0) is 19.1. The number of amides is 2. The average Bonchev–Trinajstić information content (AvgIpc) is 2.63. The number of rotatable bonds is 7. The van der Waals surface area contributed by atoms with Crippen LogP contribution in [0.1, 0.15) is 24.1 Å². The molecule has 0 aliphatic heterocycles. The van der Waals surface area contributed by atoms with E-state index in [-0.39, 0.29) is 18.6 Å². The summed E-state index contributed by atoms with van der Waals surface area (Å²) in [5.41, 5.74) is 1.89. The van der Waals surface area contributed by atoms with Crippen molar-refractivity contribution in [2.75, 3.05) is 13.6 Å². The first-order valence-corrected chi connectivity index (χ1v) is 8.79. The van der Waals surface area contributed by atoms with Gasteiger partial charge >= 0.3 is 12.0 Å². The second-order valence-corrected chi connectivity index (χ2v) is 6.74. The number of aliphatic carboxylic acids is 1. The Bertz CT molecular complexity index is 752. The lowest BCUT2D eigenvalue weighted by atomic mass is 9.99. The predicted molar refractivity (Wildman–Crippen MR) is 102 cm³/mol. The third-order valence-corrected chi connectivity index (χ3v) is 4.57. The highest BCUT2D eigenvalue weighted by atomic mass is 35.5. The zero-order valence-corrected chi connectivity index (χ0v) is 15.6. The molecule has 0 fully saturated rings. The Morgan fingerprint density at radius 2 is 1.73 bits per heavy atom. The maximum Gasteiger partial charge on any atom is 0.317 e. The first-order chi connectivity index (χ1) is 12.4. The van der Waals surface area contributed by atoms with Crippen LogP contribution in [0, 0.1) is 5.92 Å². The number of nitrogens with zero attached hydrogens (tertiary/aromatic N) is 1. The third-order valence-electron chi connectivity index (χ3n) is 4.20. The molecule has 0 saturated heterocycles. The number of carbonyl (C=O) groups is 2. The van der Waals surface area contributed by atoms with Gasteiger partial charge in [0.05, 0.1) is 12.0 Å². The van der Waals surface area contributed by atoms with Crippen molar-refractivity contribution in [1.29, 1.82) is 0 Å². The number of carboxylic acids is 1. The molecule has 2 aromatic carbocycles. The average molecular weight is 375 g/mol. The molecule has 0 radical (unpaired) electrons. The smallest absolute Gasteiger partial charge is 0.317 e. The van der Waals surface area contributed by atoms with Crippen molar-refractivity contribution in [2.45, 2.75) is 19.4 Å². The minimum atomic E-state index is -0.930. The Hall–Kier alpha value is -2.53. The molecule has 2 rings (SSSR count). The highest BCUT2D eigenvalue weighted by Gasteiger charge is 2.21. The monoisotopic (exact) mass is 374 g/mol. The fourth-order valence-electron chi connectivity index (χ4n) is 2.65. The molecule has 0 saturated carbocycles. The maximum atomic E-state index is 12.5. The molecule has 138 valence electrons. The fourth-order valence-corrected chi connectivity index (χ4v) is 2.87. The molecule has 2 unspecified atom stereocenters. The summed E-state index contributed by atoms with van der Waals surface area (Å²) in [4.78, 5) is 24.9. The molecule has 26 heavy (non-hydrogen) atoms. The standard InChI is InChI=1S/C20H23ClN2O3/c1-14(19(24)25)13-23(2)20(26)22-18(15-8-4-3-5-9-15)12-16-10-6-7-11-17(16)21/h3-11,14,18H,12-13H2,1-2H3,(H,22,26)(H,24,25). The first kappa shape index (κ1) is 19.8. The molecule has 6 heteroatoms. The van der Waals surface area contributed by atoms with Crippen LogP contribution in [0.15, 0.2) is 54.6 Å². The van der Waals surface area contributed by atoms with Gasteiger partial charge in [0.25, 0.3) is 0 Å². The number of nitrogens with one attached hydrogen (secondary N) is 1. The summed E-state index contributed by atoms with van der Waals surface area (Å²) in [5, 5.41) is 12.7. The lowest BCUT2D eigenvalue weighted by Crippen LogP contribution is -2.42. The van der Waals surface area contributed by atoms with E-state index in [2.05, 4.69) is 5.32 Å². The number of halogens is 1. The zero-order valence-electron chi connectivity index (χ0n) is 14.9. The van der Waals surface area contributed by atoms with E-state index in [0.29, 0.717) is 11.4 Å². The molecule has 0 spiro atoms. The van der Waals surface area contributed by atoms with Gasteiger partial charge in [0.15, 0.2) is 0 Å². The van der Waals surface area contributed by atoms with Crippen LogP contribution in [0.2, 0.25) is 5.02 Å². The van der Waals surface area contributed by atoms with Crippen molar-refractivity contribution in [2.24, 2.45) is 5.92 Å². The van der Waals surface area contributed by atoms with Gasteiger partial charge < -0.3 is 15.3 Å². The summed E-state index contributed by atoms with van der Waals surface area (Å²) in [6.45, 7) is 1.71. The van der Waals surface area contributed by atoms with Crippen LogP contribution in [0.3, 0.4) is 0 Å². The highest BCUT2D eigenvalue weighted by Crippen LogP contribution is 2.23. The summed E-state index contributed by atoms with van der Waals surface area (Å²) in [6, 6.07) is 16.6. The van der Waals surface area contributed by atoms with Crippen LogP contribution < -0.4 is 5.32 Å². The fraction of sp³-hybridized carbons (Fsp3) is 0.300. The second-order valence-electron chi connectivity index (χ2n) is 6.33. The Balaban J connectivity index is 2.15. The SMILES string of the molecule is CC(CN(C)C(=O)NC(Cc1ccccc1Cl)c1ccccc1)C(=O)O. The number of hydrogen-bond acceptors (Lipinski definition) is 2. The number of hydrogen-bond donors (Lipinski definition) is 2. The van der Waals surface area contributed by atoms with E-state index in [1.54, 1.807) is 14.0 Å². The van der Waals surface area contributed by atoms with Gasteiger partial charge in [-0.05, 0) is 23.6 Å². The molecule has 5 nitrogen and oxygen atoms in total. The van der Waals surface area contributed by atoms with Crippen molar-refractivity contribution in [3.8, 4) is 0 Å². The first-order valence-electron chi connectivity index (χ1n) is 8.41. The Kier molecular flexibility index (Phi) is 7.04. The molecule has 2 amide bonds. The van der Waals surface area contributed by atoms with Gasteiger partial charge in [0, 0.05) is 18.6 Å². The van der Waals surface area contributed by atoms with Gasteiger partial charge in [-0.1, -0.05) is 67.1 Å². The number of urea groups is 1. The van der Waals surface area contributed by atoms with Crippen LogP contribution in [0.5, 0.6) is 0 Å². The molecule has 0 aromatic heterocycles. The van der Waals surface area contributed by atoms with E-state index in [1.807, 2.05) is 54.6 Å². The van der Waals surface area contributed by atoms with Gasteiger partial charge in [0.2, 0.25) is 0 Å². The Morgan fingerprint density at radius 1 is 1.12 bits per heavy atom. The molecule has 0 aliphatic rings. The second kappa shape index (κ2) is 9.25. The van der Waals surface area contributed by atoms with E-state index in [0.717, 1.165) is 11.1 Å². The summed E-state index contributed by atoms with van der Waals surface area (Å²) in [5.74, 6) is -1.56. The molecule has 2 atom stereocenters. The Labute approximate surface area is 158 Å². The highest BCUT2D eigenvalue weighted by molar-refractivity contribution is 6.31. The summed E-state index contributed by atoms with van der Waals surface area (Å²) in [6.07, 6.45) is 0.539. The number of carbonyl (C=O) groups excluding carboxylic acids is 1. The normalized spacial score (nSPS) is 12.9. The van der Waals surface area contributed by atoms with Crippen LogP contribution in [0.25, 0.3) is 0 Å². The molecule has 0 bridgehead atoms. The summed E-state index contributed by atoms with van der Waals surface area (Å²) in [7, 11) is 1.59. The lowest BCUT2D eigenvalue weighted by molar-refractivity contribution is -0.141. The van der Waals surface area contributed by atoms with Crippen molar-refractivity contribution >= 4 is 23.6 Å². The van der Waals surface area contributed by atoms with Gasteiger partial charge in [0.1, 0.15) is 0 Å². The van der Waals surface area contributed by atoms with Gasteiger partial charge in [-0.3, -0.25) is 4.79 Å². The summed E-state index contributed by atoms with van der Waals surface area (Å²) < 4.78 is 0. The van der Waals surface area contributed by atoms with E-state index in [4.69, 9.17) is 16.7 Å². The van der Waals surface area contributed by atoms with Crippen LogP contribution in [0.4, 0.5) is 4.79 Å². The number of benzene rings is 2. The van der Waals surface area contributed by atoms with Crippen LogP contribution in [-0.4, -0.2) is 35.6 Å². The topological polar surface area (TPSA) is 69.6 Å². The summed E-state index contributed by atoms with van der Waals surface area (Å²) >= 11 is 6.27. The van der Waals surface area contributed by atoms with Gasteiger partial charge in [-0.25, -0.2) is 4.79 Å². The number of carboxylic acid groups (broad SMARTS) is 1. The quantitative estimate of drug-likeness (QED) is 0.770. The van der Waals surface area contributed by atoms with Gasteiger partial charge in [-0.2, -0.15) is 0 Å². The minimum absolute atomic E-state index is 0.134. The van der Waals surface area contributed by atoms with Crippen molar-refractivity contribution in [3.05, 3.63) is 70.7 Å². The third kappa shape index (κ3) is 5.49. The van der Waals surface area contributed by atoms with E-state index < -0.39 is 11.9 Å². The van der Waals surface area contributed by atoms with Crippen LogP contribution >= 0.6 is 11.6 Å². The lowest BCUT2D eigenvalue weighted by Gasteiger charge is -2.25. The van der Waals surface area contributed by atoms with Crippen molar-refractivity contribution in [1.82, 2.24) is 10.2 Å². The van der Waals surface area contributed by atoms with Crippen LogP contribution in [-0.2, 0) is 11.2 Å². The van der Waals surface area contributed by atoms with Crippen molar-refractivity contribution in [3.63, 3.8) is 0 Å². The molecule has 2 N–H and O–H groups in total. The van der Waals surface area contributed by atoms with E-state index in [1.165, 1.54) is 4.90 Å². The molecule has 0 heterocycles. The minimum Gasteiger partial charge on any atom is -0.481 e. The largest absolute Gasteiger partial charge is 0.481 e. The molecule has 2 aromatic rings.